The summed E-state index contributed by atoms with van der Waals surface area (Å²) in [6, 6.07) is 16.7. The number of benzene rings is 3. The van der Waals surface area contributed by atoms with E-state index in [9.17, 15) is 4.79 Å². The zero-order valence-corrected chi connectivity index (χ0v) is 16.7. The van der Waals surface area contributed by atoms with Gasteiger partial charge < -0.3 is 19.5 Å². The van der Waals surface area contributed by atoms with Gasteiger partial charge in [-0.25, -0.2) is 0 Å². The zero-order chi connectivity index (χ0) is 20.1. The van der Waals surface area contributed by atoms with Crippen molar-refractivity contribution in [2.24, 2.45) is 0 Å². The van der Waals surface area contributed by atoms with E-state index in [4.69, 9.17) is 25.8 Å². The van der Waals surface area contributed by atoms with Gasteiger partial charge in [-0.1, -0.05) is 41.9 Å². The predicted octanol–water partition coefficient (Wildman–Crippen LogP) is 4.59. The maximum absolute atomic E-state index is 12.5. The van der Waals surface area contributed by atoms with Gasteiger partial charge >= 0.3 is 0 Å². The summed E-state index contributed by atoms with van der Waals surface area (Å²) in [6.45, 7) is 2.07. The van der Waals surface area contributed by atoms with Crippen LogP contribution in [-0.2, 0) is 11.3 Å². The van der Waals surface area contributed by atoms with Crippen molar-refractivity contribution in [1.82, 2.24) is 5.32 Å². The average Bonchev–Trinajstić information content (AvgIpc) is 2.73. The van der Waals surface area contributed by atoms with Crippen LogP contribution in [0.15, 0.2) is 54.6 Å². The van der Waals surface area contributed by atoms with Gasteiger partial charge in [0.2, 0.25) is 0 Å². The fraction of sp³-hybridized carbons (Fsp3) is 0.227. The lowest BCUT2D eigenvalue weighted by molar-refractivity contribution is -0.127. The van der Waals surface area contributed by atoms with E-state index < -0.39 is 6.10 Å². The van der Waals surface area contributed by atoms with Crippen molar-refractivity contribution in [2.75, 3.05) is 14.2 Å². The molecule has 28 heavy (non-hydrogen) atoms. The van der Waals surface area contributed by atoms with E-state index in [1.54, 1.807) is 39.3 Å². The minimum absolute atomic E-state index is 0.214. The summed E-state index contributed by atoms with van der Waals surface area (Å²) in [6.07, 6.45) is -0.662. The maximum atomic E-state index is 12.5. The fourth-order valence-corrected chi connectivity index (χ4v) is 3.13. The lowest BCUT2D eigenvalue weighted by Gasteiger charge is -2.17. The summed E-state index contributed by atoms with van der Waals surface area (Å²) in [5.74, 6) is 1.66. The molecule has 1 N–H and O–H groups in total. The number of hydrogen-bond donors (Lipinski definition) is 1. The second-order valence-electron chi connectivity index (χ2n) is 6.26. The molecule has 0 saturated carbocycles. The molecule has 6 heteroatoms. The third-order valence-corrected chi connectivity index (χ3v) is 4.75. The van der Waals surface area contributed by atoms with Gasteiger partial charge in [-0.2, -0.15) is 0 Å². The number of carbonyl (C=O) groups is 1. The molecule has 0 aliphatic carbocycles. The molecule has 0 heterocycles. The quantitative estimate of drug-likeness (QED) is 0.631. The lowest BCUT2D eigenvalue weighted by atomic mass is 10.1. The number of ether oxygens (including phenoxy) is 3. The standard InChI is InChI=1S/C22H22ClNO4/c1-14(28-19-11-9-18(23)16-6-4-5-7-17(16)19)22(25)24-13-15-8-10-20(26-2)21(12-15)27-3/h4-12,14H,13H2,1-3H3,(H,24,25). The molecule has 1 atom stereocenters. The molecule has 0 aliphatic heterocycles. The summed E-state index contributed by atoms with van der Waals surface area (Å²) in [5, 5.41) is 5.29. The number of nitrogens with one attached hydrogen (secondary N) is 1. The topological polar surface area (TPSA) is 56.8 Å². The molecule has 0 saturated heterocycles. The highest BCUT2D eigenvalue weighted by molar-refractivity contribution is 6.35. The molecule has 0 fully saturated rings. The maximum Gasteiger partial charge on any atom is 0.261 e. The highest BCUT2D eigenvalue weighted by Crippen LogP contribution is 2.32. The SMILES string of the molecule is COc1ccc(CNC(=O)C(C)Oc2ccc(Cl)c3ccccc23)cc1OC. The Hall–Kier alpha value is -2.92. The molecule has 0 bridgehead atoms. The first-order chi connectivity index (χ1) is 13.5. The normalized spacial score (nSPS) is 11.7. The number of fused-ring (bicyclic) bond motifs is 1. The summed E-state index contributed by atoms with van der Waals surface area (Å²) in [4.78, 5) is 12.5. The molecule has 3 aromatic carbocycles. The third-order valence-electron chi connectivity index (χ3n) is 4.42. The van der Waals surface area contributed by atoms with Crippen LogP contribution in [0, 0.1) is 0 Å². The van der Waals surface area contributed by atoms with E-state index in [1.165, 1.54) is 0 Å². The summed E-state index contributed by atoms with van der Waals surface area (Å²) in [7, 11) is 3.16. The first-order valence-electron chi connectivity index (χ1n) is 8.86. The van der Waals surface area contributed by atoms with E-state index in [0.29, 0.717) is 28.8 Å². The van der Waals surface area contributed by atoms with Gasteiger partial charge in [0.1, 0.15) is 5.75 Å². The second kappa shape index (κ2) is 8.85. The summed E-state index contributed by atoms with van der Waals surface area (Å²) in [5.41, 5.74) is 0.898. The first kappa shape index (κ1) is 19.8. The van der Waals surface area contributed by atoms with Crippen molar-refractivity contribution in [3.8, 4) is 17.2 Å². The first-order valence-corrected chi connectivity index (χ1v) is 9.23. The molecule has 1 unspecified atom stereocenters. The Morgan fingerprint density at radius 2 is 1.64 bits per heavy atom. The summed E-state index contributed by atoms with van der Waals surface area (Å²) < 4.78 is 16.4. The van der Waals surface area contributed by atoms with Crippen molar-refractivity contribution in [3.05, 3.63) is 65.2 Å². The monoisotopic (exact) mass is 399 g/mol. The van der Waals surface area contributed by atoms with Gasteiger partial charge in [0.05, 0.1) is 14.2 Å². The molecular weight excluding hydrogens is 378 g/mol. The third kappa shape index (κ3) is 4.31. The van der Waals surface area contributed by atoms with Crippen LogP contribution in [0.25, 0.3) is 10.8 Å². The molecule has 0 aliphatic rings. The molecule has 0 spiro atoms. The van der Waals surface area contributed by atoms with E-state index >= 15 is 0 Å². The number of amides is 1. The van der Waals surface area contributed by atoms with Crippen molar-refractivity contribution in [3.63, 3.8) is 0 Å². The highest BCUT2D eigenvalue weighted by atomic mass is 35.5. The molecule has 1 amide bonds. The highest BCUT2D eigenvalue weighted by Gasteiger charge is 2.16. The summed E-state index contributed by atoms with van der Waals surface area (Å²) >= 11 is 6.24. The van der Waals surface area contributed by atoms with Crippen LogP contribution in [0.2, 0.25) is 5.02 Å². The lowest BCUT2D eigenvalue weighted by Crippen LogP contribution is -2.35. The zero-order valence-electron chi connectivity index (χ0n) is 16.0. The smallest absolute Gasteiger partial charge is 0.261 e. The van der Waals surface area contributed by atoms with E-state index in [1.807, 2.05) is 36.4 Å². The number of carbonyl (C=O) groups excluding carboxylic acids is 1. The Morgan fingerprint density at radius 1 is 0.964 bits per heavy atom. The van der Waals surface area contributed by atoms with Gasteiger partial charge in [0.15, 0.2) is 17.6 Å². The van der Waals surface area contributed by atoms with E-state index in [0.717, 1.165) is 16.3 Å². The van der Waals surface area contributed by atoms with Crippen LogP contribution >= 0.6 is 11.6 Å². The number of methoxy groups -OCH3 is 2. The van der Waals surface area contributed by atoms with Gasteiger partial charge in [0, 0.05) is 22.3 Å². The predicted molar refractivity (Wildman–Crippen MR) is 110 cm³/mol. The molecule has 0 radical (unpaired) electrons. The van der Waals surface area contributed by atoms with Crippen molar-refractivity contribution >= 4 is 28.3 Å². The van der Waals surface area contributed by atoms with Crippen molar-refractivity contribution in [2.45, 2.75) is 19.6 Å². The second-order valence-corrected chi connectivity index (χ2v) is 6.67. The van der Waals surface area contributed by atoms with Crippen molar-refractivity contribution in [1.29, 1.82) is 0 Å². The number of rotatable bonds is 7. The average molecular weight is 400 g/mol. The van der Waals surface area contributed by atoms with Crippen LogP contribution in [0.4, 0.5) is 0 Å². The van der Waals surface area contributed by atoms with Gasteiger partial charge in [0.25, 0.3) is 5.91 Å². The van der Waals surface area contributed by atoms with Crippen LogP contribution in [0.3, 0.4) is 0 Å². The van der Waals surface area contributed by atoms with Crippen LogP contribution in [0.5, 0.6) is 17.2 Å². The molecule has 146 valence electrons. The molecule has 3 aromatic rings. The largest absolute Gasteiger partial charge is 0.493 e. The Kier molecular flexibility index (Phi) is 6.26. The van der Waals surface area contributed by atoms with Crippen LogP contribution in [-0.4, -0.2) is 26.2 Å². The van der Waals surface area contributed by atoms with E-state index in [-0.39, 0.29) is 5.91 Å². The Bertz CT molecular complexity index is 989. The van der Waals surface area contributed by atoms with Crippen molar-refractivity contribution < 1.29 is 19.0 Å². The minimum atomic E-state index is -0.662. The Labute approximate surface area is 169 Å². The number of hydrogen-bond acceptors (Lipinski definition) is 4. The van der Waals surface area contributed by atoms with Gasteiger partial charge in [-0.3, -0.25) is 4.79 Å². The fourth-order valence-electron chi connectivity index (χ4n) is 2.90. The van der Waals surface area contributed by atoms with Gasteiger partial charge in [-0.15, -0.1) is 0 Å². The van der Waals surface area contributed by atoms with Crippen LogP contribution in [0.1, 0.15) is 12.5 Å². The molecule has 3 rings (SSSR count). The minimum Gasteiger partial charge on any atom is -0.493 e. The molecule has 5 nitrogen and oxygen atoms in total. The molecular formula is C22H22ClNO4. The Morgan fingerprint density at radius 3 is 2.36 bits per heavy atom. The van der Waals surface area contributed by atoms with Crippen LogP contribution < -0.4 is 19.5 Å². The van der Waals surface area contributed by atoms with E-state index in [2.05, 4.69) is 5.32 Å². The molecule has 0 aromatic heterocycles. The number of halogens is 1. The van der Waals surface area contributed by atoms with Gasteiger partial charge in [-0.05, 0) is 36.8 Å². The Balaban J connectivity index is 1.67.